The fourth-order valence-corrected chi connectivity index (χ4v) is 2.99. The zero-order chi connectivity index (χ0) is 17.6. The van der Waals surface area contributed by atoms with Gasteiger partial charge in [0.05, 0.1) is 18.9 Å². The van der Waals surface area contributed by atoms with E-state index in [1.54, 1.807) is 32.4 Å². The minimum atomic E-state index is -0.312. The predicted octanol–water partition coefficient (Wildman–Crippen LogP) is 2.84. The number of thiazole rings is 1. The van der Waals surface area contributed by atoms with Crippen molar-refractivity contribution >= 4 is 32.6 Å². The second kappa shape index (κ2) is 7.71. The predicted molar refractivity (Wildman–Crippen MR) is 96.4 cm³/mol. The van der Waals surface area contributed by atoms with E-state index in [0.29, 0.717) is 27.9 Å². The van der Waals surface area contributed by atoms with Crippen LogP contribution in [0.2, 0.25) is 0 Å². The Kier molecular flexibility index (Phi) is 5.20. The van der Waals surface area contributed by atoms with Gasteiger partial charge in [-0.05, 0) is 18.2 Å². The lowest BCUT2D eigenvalue weighted by atomic mass is 10.3. The normalized spacial score (nSPS) is 10.3. The summed E-state index contributed by atoms with van der Waals surface area (Å²) in [5, 5.41) is 0.537. The topological polar surface area (TPSA) is 81.7 Å². The summed E-state index contributed by atoms with van der Waals surface area (Å²) in [4.78, 5) is 16.3. The number of carbonyl (C=O) groups excluding carboxylic acids is 1. The van der Waals surface area contributed by atoms with Crippen LogP contribution in [0.4, 0.5) is 5.13 Å². The van der Waals surface area contributed by atoms with Crippen molar-refractivity contribution in [2.75, 3.05) is 26.3 Å². The monoisotopic (exact) mass is 359 g/mol. The van der Waals surface area contributed by atoms with Gasteiger partial charge in [0.15, 0.2) is 6.61 Å². The zero-order valence-corrected chi connectivity index (χ0v) is 14.6. The van der Waals surface area contributed by atoms with E-state index >= 15 is 0 Å². The number of fused-ring (bicyclic) bond motifs is 1. The molecule has 0 fully saturated rings. The molecule has 25 heavy (non-hydrogen) atoms. The van der Waals surface area contributed by atoms with Crippen LogP contribution in [0.5, 0.6) is 17.2 Å². The average Bonchev–Trinajstić information content (AvgIpc) is 3.07. The summed E-state index contributed by atoms with van der Waals surface area (Å²) in [6, 6.07) is 12.8. The van der Waals surface area contributed by atoms with Crippen molar-refractivity contribution in [1.29, 1.82) is 0 Å². The first-order valence-corrected chi connectivity index (χ1v) is 8.26. The summed E-state index contributed by atoms with van der Waals surface area (Å²) in [7, 11) is 3.16. The maximum absolute atomic E-state index is 11.9. The number of hydrogen-bond donors (Lipinski definition) is 2. The van der Waals surface area contributed by atoms with Crippen LogP contribution in [0.25, 0.3) is 10.2 Å². The Hall–Kier alpha value is -3.00. The molecule has 1 aromatic heterocycles. The van der Waals surface area contributed by atoms with E-state index in [9.17, 15) is 4.79 Å². The third kappa shape index (κ3) is 4.10. The zero-order valence-electron chi connectivity index (χ0n) is 13.7. The van der Waals surface area contributed by atoms with Crippen LogP contribution in [-0.4, -0.2) is 31.7 Å². The van der Waals surface area contributed by atoms with Crippen molar-refractivity contribution in [1.82, 2.24) is 10.4 Å². The molecule has 7 nitrogen and oxygen atoms in total. The molecule has 8 heteroatoms. The molecule has 2 N–H and O–H groups in total. The molecule has 0 saturated heterocycles. The number of carbonyl (C=O) groups is 1. The number of ether oxygens (including phenoxy) is 3. The minimum absolute atomic E-state index is 0.0982. The SMILES string of the molecule is COc1cc(OC)c2nc(NNC(=O)COc3ccccc3)sc2c1. The van der Waals surface area contributed by atoms with Gasteiger partial charge in [0, 0.05) is 6.07 Å². The van der Waals surface area contributed by atoms with Crippen LogP contribution in [0.15, 0.2) is 42.5 Å². The number of methoxy groups -OCH3 is 2. The second-order valence-corrected chi connectivity index (χ2v) is 6.00. The first kappa shape index (κ1) is 16.8. The fourth-order valence-electron chi connectivity index (χ4n) is 2.13. The Bertz CT molecular complexity index is 867. The van der Waals surface area contributed by atoms with Gasteiger partial charge in [-0.2, -0.15) is 0 Å². The molecule has 0 radical (unpaired) electrons. The standard InChI is InChI=1S/C17H17N3O4S/c1-22-12-8-13(23-2)16-14(9-12)25-17(18-16)20-19-15(21)10-24-11-6-4-3-5-7-11/h3-9H,10H2,1-2H3,(H,18,20)(H,19,21). The fraction of sp³-hybridized carbons (Fsp3) is 0.176. The van der Waals surface area contributed by atoms with Crippen molar-refractivity contribution in [2.24, 2.45) is 0 Å². The van der Waals surface area contributed by atoms with Crippen LogP contribution in [0.1, 0.15) is 0 Å². The maximum atomic E-state index is 11.9. The number of para-hydroxylation sites is 1. The van der Waals surface area contributed by atoms with Crippen LogP contribution in [-0.2, 0) is 4.79 Å². The highest BCUT2D eigenvalue weighted by atomic mass is 32.1. The molecule has 0 aliphatic carbocycles. The third-order valence-electron chi connectivity index (χ3n) is 3.31. The van der Waals surface area contributed by atoms with E-state index in [4.69, 9.17) is 14.2 Å². The molecule has 0 bridgehead atoms. The molecule has 0 saturated carbocycles. The average molecular weight is 359 g/mol. The van der Waals surface area contributed by atoms with Gasteiger partial charge in [-0.1, -0.05) is 29.5 Å². The van der Waals surface area contributed by atoms with E-state index in [0.717, 1.165) is 4.70 Å². The molecule has 0 atom stereocenters. The van der Waals surface area contributed by atoms with E-state index < -0.39 is 0 Å². The molecule has 3 aromatic rings. The largest absolute Gasteiger partial charge is 0.497 e. The Balaban J connectivity index is 1.62. The number of hydrogen-bond acceptors (Lipinski definition) is 7. The van der Waals surface area contributed by atoms with Gasteiger partial charge in [-0.3, -0.25) is 15.6 Å². The highest BCUT2D eigenvalue weighted by Crippen LogP contribution is 2.35. The lowest BCUT2D eigenvalue weighted by Gasteiger charge is -2.07. The van der Waals surface area contributed by atoms with Gasteiger partial charge in [0.1, 0.15) is 22.8 Å². The van der Waals surface area contributed by atoms with Gasteiger partial charge in [-0.15, -0.1) is 0 Å². The summed E-state index contributed by atoms with van der Waals surface area (Å²) in [6.45, 7) is -0.0982. The number of nitrogens with one attached hydrogen (secondary N) is 2. The van der Waals surface area contributed by atoms with E-state index in [1.807, 2.05) is 24.3 Å². The number of hydrazine groups is 1. The van der Waals surface area contributed by atoms with Gasteiger partial charge in [-0.25, -0.2) is 4.98 Å². The molecule has 130 valence electrons. The molecule has 2 aromatic carbocycles. The lowest BCUT2D eigenvalue weighted by Crippen LogP contribution is -2.33. The number of nitrogens with zero attached hydrogens (tertiary/aromatic N) is 1. The number of amides is 1. The third-order valence-corrected chi connectivity index (χ3v) is 4.23. The van der Waals surface area contributed by atoms with Crippen molar-refractivity contribution in [3.05, 3.63) is 42.5 Å². The van der Waals surface area contributed by atoms with Gasteiger partial charge >= 0.3 is 0 Å². The van der Waals surface area contributed by atoms with Crippen molar-refractivity contribution < 1.29 is 19.0 Å². The number of aromatic nitrogens is 1. The summed E-state index contributed by atoms with van der Waals surface area (Å²) in [5.74, 6) is 1.61. The van der Waals surface area contributed by atoms with Gasteiger partial charge in [0.2, 0.25) is 5.13 Å². The van der Waals surface area contributed by atoms with Crippen LogP contribution in [0.3, 0.4) is 0 Å². The maximum Gasteiger partial charge on any atom is 0.276 e. The van der Waals surface area contributed by atoms with Crippen LogP contribution >= 0.6 is 11.3 Å². The molecule has 3 rings (SSSR count). The lowest BCUT2D eigenvalue weighted by molar-refractivity contribution is -0.122. The molecule has 1 heterocycles. The van der Waals surface area contributed by atoms with Crippen LogP contribution < -0.4 is 25.1 Å². The Morgan fingerprint density at radius 3 is 2.64 bits per heavy atom. The van der Waals surface area contributed by atoms with Crippen molar-refractivity contribution in [3.8, 4) is 17.2 Å². The van der Waals surface area contributed by atoms with Gasteiger partial charge in [0.25, 0.3) is 5.91 Å². The highest BCUT2D eigenvalue weighted by molar-refractivity contribution is 7.22. The second-order valence-electron chi connectivity index (χ2n) is 4.97. The summed E-state index contributed by atoms with van der Waals surface area (Å²) in [5.41, 5.74) is 6.05. The number of anilines is 1. The number of benzene rings is 2. The first-order chi connectivity index (χ1) is 12.2. The Morgan fingerprint density at radius 1 is 1.12 bits per heavy atom. The first-order valence-electron chi connectivity index (χ1n) is 7.45. The van der Waals surface area contributed by atoms with Crippen molar-refractivity contribution in [3.63, 3.8) is 0 Å². The highest BCUT2D eigenvalue weighted by Gasteiger charge is 2.12. The Labute approximate surface area is 148 Å². The molecule has 1 amide bonds. The van der Waals surface area contributed by atoms with E-state index in [2.05, 4.69) is 15.8 Å². The summed E-state index contributed by atoms with van der Waals surface area (Å²) in [6.07, 6.45) is 0. The minimum Gasteiger partial charge on any atom is -0.497 e. The molecule has 0 aliphatic rings. The Morgan fingerprint density at radius 2 is 1.92 bits per heavy atom. The quantitative estimate of drug-likeness (QED) is 0.631. The molecule has 0 unspecified atom stereocenters. The van der Waals surface area contributed by atoms with Crippen molar-refractivity contribution in [2.45, 2.75) is 0 Å². The number of rotatable bonds is 7. The molecular weight excluding hydrogens is 342 g/mol. The summed E-state index contributed by atoms with van der Waals surface area (Å²) < 4.78 is 16.8. The molecule has 0 spiro atoms. The smallest absolute Gasteiger partial charge is 0.276 e. The van der Waals surface area contributed by atoms with E-state index in [1.165, 1.54) is 11.3 Å². The van der Waals surface area contributed by atoms with Gasteiger partial charge < -0.3 is 14.2 Å². The molecular formula is C17H17N3O4S. The van der Waals surface area contributed by atoms with Crippen LogP contribution in [0, 0.1) is 0 Å². The van der Waals surface area contributed by atoms with E-state index in [-0.39, 0.29) is 12.5 Å². The summed E-state index contributed by atoms with van der Waals surface area (Å²) >= 11 is 1.38. The molecule has 0 aliphatic heterocycles.